The van der Waals surface area contributed by atoms with Crippen molar-refractivity contribution >= 4 is 5.69 Å². The third-order valence-corrected chi connectivity index (χ3v) is 5.47. The molecule has 1 aliphatic rings. The lowest BCUT2D eigenvalue weighted by molar-refractivity contribution is 0.0634. The largest absolute Gasteiger partial charge is 0.366 e. The summed E-state index contributed by atoms with van der Waals surface area (Å²) in [5, 5.41) is 0. The van der Waals surface area contributed by atoms with Gasteiger partial charge in [-0.25, -0.2) is 4.39 Å². The molecule has 2 heteroatoms. The number of rotatable bonds is 0. The Balaban J connectivity index is 2.82. The fourth-order valence-corrected chi connectivity index (χ4v) is 4.50. The predicted octanol–water partition coefficient (Wildman–Crippen LogP) is 5.77. The first-order valence-corrected chi connectivity index (χ1v) is 8.29. The second-order valence-corrected chi connectivity index (χ2v) is 9.82. The fourth-order valence-electron chi connectivity index (χ4n) is 4.50. The number of anilines is 1. The molecule has 2 rings (SSSR count). The summed E-state index contributed by atoms with van der Waals surface area (Å²) in [7, 11) is 0. The van der Waals surface area contributed by atoms with Crippen LogP contribution < -0.4 is 4.90 Å². The van der Waals surface area contributed by atoms with E-state index in [-0.39, 0.29) is 27.6 Å². The van der Waals surface area contributed by atoms with Crippen molar-refractivity contribution in [3.63, 3.8) is 0 Å². The van der Waals surface area contributed by atoms with Crippen LogP contribution in [0.25, 0.3) is 0 Å². The molecule has 0 N–H and O–H groups in total. The van der Waals surface area contributed by atoms with Gasteiger partial charge < -0.3 is 4.90 Å². The molecule has 1 heterocycles. The van der Waals surface area contributed by atoms with Gasteiger partial charge in [0.2, 0.25) is 0 Å². The second kappa shape index (κ2) is 4.72. The molecule has 0 unspecified atom stereocenters. The van der Waals surface area contributed by atoms with E-state index in [4.69, 9.17) is 0 Å². The van der Waals surface area contributed by atoms with Gasteiger partial charge in [-0.1, -0.05) is 41.5 Å². The normalized spacial score (nSPS) is 18.5. The van der Waals surface area contributed by atoms with Gasteiger partial charge in [-0.3, -0.25) is 0 Å². The Labute approximate surface area is 135 Å². The molecular formula is C20H32FN. The van der Waals surface area contributed by atoms with E-state index in [9.17, 15) is 4.39 Å². The zero-order valence-corrected chi connectivity index (χ0v) is 15.8. The zero-order valence-electron chi connectivity index (χ0n) is 15.8. The quantitative estimate of drug-likeness (QED) is 0.588. The Morgan fingerprint density at radius 3 is 1.82 bits per heavy atom. The monoisotopic (exact) mass is 305 g/mol. The predicted molar refractivity (Wildman–Crippen MR) is 94.1 cm³/mol. The molecule has 0 atom stereocenters. The van der Waals surface area contributed by atoms with E-state index >= 15 is 0 Å². The van der Waals surface area contributed by atoms with E-state index < -0.39 is 0 Å². The summed E-state index contributed by atoms with van der Waals surface area (Å²) in [5.74, 6) is -0.132. The molecule has 0 bridgehead atoms. The van der Waals surface area contributed by atoms with Gasteiger partial charge in [-0.15, -0.1) is 0 Å². The molecule has 0 aromatic heterocycles. The molecule has 124 valence electrons. The van der Waals surface area contributed by atoms with Crippen LogP contribution in [0.3, 0.4) is 0 Å². The van der Waals surface area contributed by atoms with E-state index in [1.165, 1.54) is 11.3 Å². The topological polar surface area (TPSA) is 3.24 Å². The number of nitrogens with zero attached hydrogens (tertiary/aromatic N) is 1. The maximum Gasteiger partial charge on any atom is 0.123 e. The lowest BCUT2D eigenvalue weighted by atomic mass is 9.52. The maximum atomic E-state index is 14.1. The molecule has 1 nitrogen and oxygen atoms in total. The average Bonchev–Trinajstić information content (AvgIpc) is 2.62. The van der Waals surface area contributed by atoms with Gasteiger partial charge in [0, 0.05) is 23.2 Å². The summed E-state index contributed by atoms with van der Waals surface area (Å²) in [6.07, 6.45) is 0. The van der Waals surface area contributed by atoms with Crippen molar-refractivity contribution in [2.75, 3.05) is 11.4 Å². The number of fused-ring (bicyclic) bond motifs is 1. The van der Waals surface area contributed by atoms with E-state index in [2.05, 4.69) is 67.2 Å². The number of halogens is 1. The van der Waals surface area contributed by atoms with Gasteiger partial charge in [0.1, 0.15) is 5.82 Å². The molecule has 1 aromatic rings. The molecule has 0 fully saturated rings. The van der Waals surface area contributed by atoms with Crippen LogP contribution in [0, 0.1) is 16.6 Å². The Kier molecular flexibility index (Phi) is 3.71. The van der Waals surface area contributed by atoms with Crippen LogP contribution in [0.4, 0.5) is 10.1 Å². The molecule has 1 aliphatic heterocycles. The van der Waals surface area contributed by atoms with Gasteiger partial charge in [-0.05, 0) is 55.4 Å². The highest BCUT2D eigenvalue weighted by molar-refractivity contribution is 5.66. The molecule has 0 aliphatic carbocycles. The summed E-state index contributed by atoms with van der Waals surface area (Å²) >= 11 is 0. The number of benzene rings is 1. The maximum absolute atomic E-state index is 14.1. The van der Waals surface area contributed by atoms with Crippen LogP contribution in [-0.2, 0) is 5.41 Å². The zero-order chi connectivity index (χ0) is 17.1. The van der Waals surface area contributed by atoms with Crippen molar-refractivity contribution in [3.05, 3.63) is 29.6 Å². The van der Waals surface area contributed by atoms with Gasteiger partial charge in [0.05, 0.1) is 0 Å². The van der Waals surface area contributed by atoms with Crippen LogP contribution in [0.2, 0.25) is 0 Å². The summed E-state index contributed by atoms with van der Waals surface area (Å²) in [4.78, 5) is 2.46. The van der Waals surface area contributed by atoms with Crippen LogP contribution in [0.5, 0.6) is 0 Å². The Hall–Kier alpha value is -1.05. The SMILES string of the molecule is CC(C)(C)N1CC(C(C)(C)C)(C(C)(C)C)c2cc(F)ccc21. The van der Waals surface area contributed by atoms with E-state index in [1.54, 1.807) is 12.1 Å². The Morgan fingerprint density at radius 2 is 1.41 bits per heavy atom. The molecule has 0 radical (unpaired) electrons. The van der Waals surface area contributed by atoms with Crippen LogP contribution in [0.15, 0.2) is 18.2 Å². The highest BCUT2D eigenvalue weighted by Gasteiger charge is 2.58. The van der Waals surface area contributed by atoms with E-state index in [0.29, 0.717) is 0 Å². The summed E-state index contributed by atoms with van der Waals surface area (Å²) in [5.41, 5.74) is 2.36. The third-order valence-electron chi connectivity index (χ3n) is 5.47. The van der Waals surface area contributed by atoms with Crippen molar-refractivity contribution in [2.24, 2.45) is 10.8 Å². The smallest absolute Gasteiger partial charge is 0.123 e. The average molecular weight is 305 g/mol. The Morgan fingerprint density at radius 1 is 0.909 bits per heavy atom. The number of hydrogen-bond acceptors (Lipinski definition) is 1. The third kappa shape index (κ3) is 2.35. The molecule has 0 spiro atoms. The molecule has 0 amide bonds. The minimum absolute atomic E-state index is 0.0187. The van der Waals surface area contributed by atoms with E-state index in [0.717, 1.165) is 6.54 Å². The minimum Gasteiger partial charge on any atom is -0.366 e. The van der Waals surface area contributed by atoms with Crippen molar-refractivity contribution in [3.8, 4) is 0 Å². The van der Waals surface area contributed by atoms with Crippen LogP contribution in [-0.4, -0.2) is 12.1 Å². The van der Waals surface area contributed by atoms with Crippen molar-refractivity contribution in [1.29, 1.82) is 0 Å². The summed E-state index contributed by atoms with van der Waals surface area (Å²) in [6, 6.07) is 5.34. The van der Waals surface area contributed by atoms with E-state index in [1.807, 2.05) is 6.07 Å². The first kappa shape index (κ1) is 17.3. The highest BCUT2D eigenvalue weighted by atomic mass is 19.1. The van der Waals surface area contributed by atoms with Gasteiger partial charge >= 0.3 is 0 Å². The van der Waals surface area contributed by atoms with Crippen LogP contribution in [0.1, 0.15) is 67.9 Å². The molecule has 1 aromatic carbocycles. The first-order chi connectivity index (χ1) is 9.72. The molecule has 0 saturated heterocycles. The Bertz CT molecular complexity index is 553. The lowest BCUT2D eigenvalue weighted by Gasteiger charge is -2.52. The van der Waals surface area contributed by atoms with Gasteiger partial charge in [0.25, 0.3) is 0 Å². The summed E-state index contributed by atoms with van der Waals surface area (Å²) < 4.78 is 14.1. The fraction of sp³-hybridized carbons (Fsp3) is 0.700. The summed E-state index contributed by atoms with van der Waals surface area (Å²) in [6.45, 7) is 21.4. The first-order valence-electron chi connectivity index (χ1n) is 8.29. The number of hydrogen-bond donors (Lipinski definition) is 0. The van der Waals surface area contributed by atoms with Gasteiger partial charge in [0.15, 0.2) is 0 Å². The van der Waals surface area contributed by atoms with Crippen molar-refractivity contribution in [2.45, 2.75) is 73.3 Å². The molecule has 0 saturated carbocycles. The van der Waals surface area contributed by atoms with Crippen molar-refractivity contribution < 1.29 is 4.39 Å². The standard InChI is InChI=1S/C20H32FN/c1-17(2,3)20(18(4,5)6)13-22(19(7,8)9)16-11-10-14(21)12-15(16)20/h10-12H,13H2,1-9H3. The van der Waals surface area contributed by atoms with Crippen LogP contribution >= 0.6 is 0 Å². The highest BCUT2D eigenvalue weighted by Crippen LogP contribution is 2.60. The van der Waals surface area contributed by atoms with Crippen molar-refractivity contribution in [1.82, 2.24) is 0 Å². The molecule has 22 heavy (non-hydrogen) atoms. The minimum atomic E-state index is -0.132. The second-order valence-electron chi connectivity index (χ2n) is 9.82. The van der Waals surface area contributed by atoms with Gasteiger partial charge in [-0.2, -0.15) is 0 Å². The lowest BCUT2D eigenvalue weighted by Crippen LogP contribution is -2.55. The molecular weight excluding hydrogens is 273 g/mol.